The van der Waals surface area contributed by atoms with Crippen molar-refractivity contribution in [1.82, 2.24) is 14.4 Å². The average molecular weight is 321 g/mol. The first kappa shape index (κ1) is 14.7. The molecule has 0 fully saturated rings. The number of hydrogen-bond donors (Lipinski definition) is 2. The van der Waals surface area contributed by atoms with E-state index in [1.54, 1.807) is 30.7 Å². The quantitative estimate of drug-likeness (QED) is 0.709. The normalized spacial score (nSPS) is 11.0. The van der Waals surface area contributed by atoms with E-state index in [0.717, 1.165) is 11.3 Å². The third-order valence-corrected chi connectivity index (χ3v) is 3.56. The van der Waals surface area contributed by atoms with Crippen molar-refractivity contribution in [2.24, 2.45) is 0 Å². The highest BCUT2D eigenvalue weighted by atomic mass is 35.5. The predicted molar refractivity (Wildman–Crippen MR) is 83.6 cm³/mol. The molecule has 2 heterocycles. The molecule has 0 aliphatic rings. The molecule has 0 spiro atoms. The lowest BCUT2D eigenvalue weighted by Crippen LogP contribution is -2.06. The molecular weight excluding hydrogens is 307 g/mol. The van der Waals surface area contributed by atoms with Gasteiger partial charge in [-0.05, 0) is 24.6 Å². The molecule has 1 aromatic carbocycles. The summed E-state index contributed by atoms with van der Waals surface area (Å²) in [6.45, 7) is 0.720. The molecule has 0 bridgehead atoms. The highest BCUT2D eigenvalue weighted by Crippen LogP contribution is 2.26. The second kappa shape index (κ2) is 6.29. The molecule has 3 aromatic rings. The van der Waals surface area contributed by atoms with Gasteiger partial charge in [-0.1, -0.05) is 11.6 Å². The lowest BCUT2D eigenvalue weighted by Gasteiger charge is -2.07. The van der Waals surface area contributed by atoms with Crippen LogP contribution in [0.3, 0.4) is 0 Å². The van der Waals surface area contributed by atoms with Gasteiger partial charge in [-0.3, -0.25) is 4.40 Å². The largest absolute Gasteiger partial charge is 0.396 e. The van der Waals surface area contributed by atoms with Crippen molar-refractivity contribution >= 4 is 23.1 Å². The minimum Gasteiger partial charge on any atom is -0.396 e. The number of benzene rings is 1. The van der Waals surface area contributed by atoms with Gasteiger partial charge in [-0.15, -0.1) is 0 Å². The number of hydrogen-bond acceptors (Lipinski definition) is 4. The summed E-state index contributed by atoms with van der Waals surface area (Å²) in [7, 11) is 0. The Balaban J connectivity index is 2.01. The van der Waals surface area contributed by atoms with E-state index in [4.69, 9.17) is 16.7 Å². The Kier molecular flexibility index (Phi) is 4.22. The van der Waals surface area contributed by atoms with Crippen molar-refractivity contribution in [1.29, 1.82) is 0 Å². The summed E-state index contributed by atoms with van der Waals surface area (Å²) in [6.07, 6.45) is 5.76. The van der Waals surface area contributed by atoms with Crippen LogP contribution in [-0.4, -0.2) is 32.6 Å². The number of anilines is 1. The van der Waals surface area contributed by atoms with Gasteiger partial charge in [0.2, 0.25) is 0 Å². The third kappa shape index (κ3) is 2.75. The summed E-state index contributed by atoms with van der Waals surface area (Å²) < 4.78 is 15.2. The van der Waals surface area contributed by atoms with Crippen LogP contribution in [0.25, 0.3) is 16.9 Å². The van der Waals surface area contributed by atoms with Crippen LogP contribution in [0.15, 0.2) is 36.8 Å². The molecule has 7 heteroatoms. The van der Waals surface area contributed by atoms with Crippen LogP contribution in [0, 0.1) is 5.82 Å². The lowest BCUT2D eigenvalue weighted by molar-refractivity contribution is 0.292. The van der Waals surface area contributed by atoms with Gasteiger partial charge in [0.05, 0.1) is 16.9 Å². The van der Waals surface area contributed by atoms with Gasteiger partial charge in [-0.2, -0.15) is 0 Å². The van der Waals surface area contributed by atoms with Crippen molar-refractivity contribution in [2.75, 3.05) is 18.5 Å². The van der Waals surface area contributed by atoms with Crippen molar-refractivity contribution in [2.45, 2.75) is 6.42 Å². The van der Waals surface area contributed by atoms with Crippen LogP contribution in [0.1, 0.15) is 6.42 Å². The van der Waals surface area contributed by atoms with Crippen LogP contribution >= 0.6 is 11.6 Å². The van der Waals surface area contributed by atoms with Crippen LogP contribution in [-0.2, 0) is 0 Å². The van der Waals surface area contributed by atoms with Crippen LogP contribution in [0.2, 0.25) is 5.02 Å². The van der Waals surface area contributed by atoms with Crippen LogP contribution < -0.4 is 5.32 Å². The molecular formula is C15H14ClFN4O. The molecule has 0 amide bonds. The standard InChI is InChI=1S/C15H14ClFN4O/c16-11-8-10(2-3-12(11)17)13-9-20-15-14(18-4-1-7-22)19-5-6-21(13)15/h2-3,5-6,8-9,22H,1,4,7H2,(H,18,19). The van der Waals surface area contributed by atoms with Gasteiger partial charge in [0.25, 0.3) is 0 Å². The maximum Gasteiger partial charge on any atom is 0.180 e. The van der Waals surface area contributed by atoms with Crippen molar-refractivity contribution < 1.29 is 9.50 Å². The summed E-state index contributed by atoms with van der Waals surface area (Å²) >= 11 is 5.84. The van der Waals surface area contributed by atoms with E-state index in [9.17, 15) is 4.39 Å². The van der Waals surface area contributed by atoms with Crippen molar-refractivity contribution in [3.8, 4) is 11.3 Å². The lowest BCUT2D eigenvalue weighted by atomic mass is 10.1. The highest BCUT2D eigenvalue weighted by molar-refractivity contribution is 6.31. The van der Waals surface area contributed by atoms with Gasteiger partial charge in [-0.25, -0.2) is 14.4 Å². The Bertz CT molecular complexity index is 805. The zero-order valence-corrected chi connectivity index (χ0v) is 12.4. The fourth-order valence-electron chi connectivity index (χ4n) is 2.20. The molecule has 22 heavy (non-hydrogen) atoms. The number of nitrogens with zero attached hydrogens (tertiary/aromatic N) is 3. The van der Waals surface area contributed by atoms with E-state index in [1.165, 1.54) is 6.07 Å². The molecule has 0 saturated heterocycles. The fourth-order valence-corrected chi connectivity index (χ4v) is 2.38. The van der Waals surface area contributed by atoms with Gasteiger partial charge in [0.15, 0.2) is 11.5 Å². The van der Waals surface area contributed by atoms with E-state index in [2.05, 4.69) is 15.3 Å². The van der Waals surface area contributed by atoms with E-state index >= 15 is 0 Å². The minimum atomic E-state index is -0.452. The SMILES string of the molecule is OCCCNc1nccn2c(-c3ccc(F)c(Cl)c3)cnc12. The van der Waals surface area contributed by atoms with E-state index in [1.807, 2.05) is 4.40 Å². The van der Waals surface area contributed by atoms with Crippen molar-refractivity contribution in [3.05, 3.63) is 47.6 Å². The number of aromatic nitrogens is 3. The van der Waals surface area contributed by atoms with Gasteiger partial charge in [0, 0.05) is 31.1 Å². The molecule has 0 unspecified atom stereocenters. The Morgan fingerprint density at radius 1 is 1.32 bits per heavy atom. The number of aliphatic hydroxyl groups excluding tert-OH is 1. The summed E-state index contributed by atoms with van der Waals surface area (Å²) in [5.41, 5.74) is 2.23. The Hall–Kier alpha value is -2.18. The number of rotatable bonds is 5. The number of imidazole rings is 1. The minimum absolute atomic E-state index is 0.0720. The molecule has 0 saturated carbocycles. The Morgan fingerprint density at radius 3 is 2.95 bits per heavy atom. The number of halogens is 2. The third-order valence-electron chi connectivity index (χ3n) is 3.27. The monoisotopic (exact) mass is 320 g/mol. The topological polar surface area (TPSA) is 62.5 Å². The number of fused-ring (bicyclic) bond motifs is 1. The van der Waals surface area contributed by atoms with Crippen LogP contribution in [0.4, 0.5) is 10.2 Å². The Labute approximate surface area is 131 Å². The van der Waals surface area contributed by atoms with E-state index in [0.29, 0.717) is 24.4 Å². The predicted octanol–water partition coefficient (Wildman–Crippen LogP) is 2.98. The van der Waals surface area contributed by atoms with E-state index < -0.39 is 5.82 Å². The zero-order valence-electron chi connectivity index (χ0n) is 11.6. The molecule has 3 rings (SSSR count). The number of aliphatic hydroxyl groups is 1. The first-order valence-corrected chi connectivity index (χ1v) is 7.20. The molecule has 0 aliphatic heterocycles. The molecule has 0 radical (unpaired) electrons. The summed E-state index contributed by atoms with van der Waals surface area (Å²) in [5, 5.41) is 12.0. The molecule has 0 aliphatic carbocycles. The smallest absolute Gasteiger partial charge is 0.180 e. The molecule has 0 atom stereocenters. The molecule has 2 N–H and O–H groups in total. The molecule has 2 aromatic heterocycles. The summed E-state index contributed by atoms with van der Waals surface area (Å²) in [4.78, 5) is 8.62. The fraction of sp³-hybridized carbons (Fsp3) is 0.200. The Morgan fingerprint density at radius 2 is 2.18 bits per heavy atom. The molecule has 114 valence electrons. The van der Waals surface area contributed by atoms with Crippen molar-refractivity contribution in [3.63, 3.8) is 0 Å². The van der Waals surface area contributed by atoms with Gasteiger partial charge >= 0.3 is 0 Å². The van der Waals surface area contributed by atoms with Crippen LogP contribution in [0.5, 0.6) is 0 Å². The highest BCUT2D eigenvalue weighted by Gasteiger charge is 2.11. The summed E-state index contributed by atoms with van der Waals surface area (Å²) in [6, 6.07) is 4.56. The number of nitrogens with one attached hydrogen (secondary N) is 1. The van der Waals surface area contributed by atoms with Gasteiger partial charge < -0.3 is 10.4 Å². The average Bonchev–Trinajstić information content (AvgIpc) is 2.95. The first-order chi connectivity index (χ1) is 10.7. The van der Waals surface area contributed by atoms with E-state index in [-0.39, 0.29) is 11.6 Å². The molecule has 5 nitrogen and oxygen atoms in total. The second-order valence-corrected chi connectivity index (χ2v) is 5.15. The maximum absolute atomic E-state index is 13.3. The maximum atomic E-state index is 13.3. The first-order valence-electron chi connectivity index (χ1n) is 6.83. The zero-order chi connectivity index (χ0) is 15.5. The van der Waals surface area contributed by atoms with Gasteiger partial charge in [0.1, 0.15) is 5.82 Å². The summed E-state index contributed by atoms with van der Waals surface area (Å²) in [5.74, 6) is 0.183. The second-order valence-electron chi connectivity index (χ2n) is 4.75.